The van der Waals surface area contributed by atoms with Crippen LogP contribution in [0.2, 0.25) is 0 Å². The average Bonchev–Trinajstić information content (AvgIpc) is 2.56. The largest absolute Gasteiger partial charge is 0.497 e. The zero-order valence-corrected chi connectivity index (χ0v) is 12.7. The maximum atomic E-state index is 11.8. The third kappa shape index (κ3) is 5.01. The van der Waals surface area contributed by atoms with E-state index >= 15 is 0 Å². The third-order valence-electron chi connectivity index (χ3n) is 3.48. The van der Waals surface area contributed by atoms with Gasteiger partial charge in [-0.05, 0) is 24.3 Å². The first-order valence-corrected chi connectivity index (χ1v) is 7.35. The average molecular weight is 306 g/mol. The molecule has 0 atom stereocenters. The van der Waals surface area contributed by atoms with Crippen LogP contribution in [0.5, 0.6) is 5.75 Å². The highest BCUT2D eigenvalue weighted by atomic mass is 16.5. The molecule has 0 aliphatic carbocycles. The third-order valence-corrected chi connectivity index (χ3v) is 3.48. The Morgan fingerprint density at radius 3 is 2.50 bits per heavy atom. The number of amides is 2. The van der Waals surface area contributed by atoms with E-state index < -0.39 is 11.8 Å². The van der Waals surface area contributed by atoms with Crippen molar-refractivity contribution in [3.8, 4) is 5.75 Å². The van der Waals surface area contributed by atoms with Crippen molar-refractivity contribution in [3.05, 3.63) is 24.3 Å². The first-order valence-electron chi connectivity index (χ1n) is 7.35. The minimum Gasteiger partial charge on any atom is -0.497 e. The van der Waals surface area contributed by atoms with E-state index in [0.717, 1.165) is 32.7 Å². The number of rotatable bonds is 5. The lowest BCUT2D eigenvalue weighted by Gasteiger charge is -2.26. The number of carbonyl (C=O) groups excluding carboxylic acids is 2. The zero-order valence-electron chi connectivity index (χ0n) is 12.7. The highest BCUT2D eigenvalue weighted by Gasteiger charge is 2.14. The van der Waals surface area contributed by atoms with Gasteiger partial charge >= 0.3 is 11.8 Å². The number of nitrogens with one attached hydrogen (secondary N) is 3. The molecule has 7 nitrogen and oxygen atoms in total. The van der Waals surface area contributed by atoms with Crippen LogP contribution in [-0.2, 0) is 9.59 Å². The normalized spacial score (nSPS) is 15.1. The fourth-order valence-corrected chi connectivity index (χ4v) is 2.20. The molecule has 1 aromatic carbocycles. The predicted molar refractivity (Wildman–Crippen MR) is 83.9 cm³/mol. The van der Waals surface area contributed by atoms with Crippen molar-refractivity contribution < 1.29 is 14.3 Å². The zero-order chi connectivity index (χ0) is 15.8. The van der Waals surface area contributed by atoms with Crippen molar-refractivity contribution in [2.24, 2.45) is 0 Å². The molecule has 0 aromatic heterocycles. The van der Waals surface area contributed by atoms with Crippen LogP contribution in [-0.4, -0.2) is 63.1 Å². The number of carbonyl (C=O) groups is 2. The number of methoxy groups -OCH3 is 1. The van der Waals surface area contributed by atoms with Crippen LogP contribution in [0.1, 0.15) is 0 Å². The van der Waals surface area contributed by atoms with E-state index in [1.165, 1.54) is 0 Å². The number of piperazine rings is 1. The maximum Gasteiger partial charge on any atom is 0.313 e. The van der Waals surface area contributed by atoms with Crippen molar-refractivity contribution in [1.82, 2.24) is 15.5 Å². The molecular weight excluding hydrogens is 284 g/mol. The Bertz CT molecular complexity index is 498. The summed E-state index contributed by atoms with van der Waals surface area (Å²) in [6.45, 7) is 5.08. The molecule has 1 aromatic rings. The molecule has 120 valence electrons. The Morgan fingerprint density at radius 1 is 1.18 bits per heavy atom. The van der Waals surface area contributed by atoms with Crippen molar-refractivity contribution >= 4 is 17.5 Å². The molecule has 2 rings (SSSR count). The number of ether oxygens (including phenoxy) is 1. The number of anilines is 1. The van der Waals surface area contributed by atoms with Gasteiger partial charge in [0.15, 0.2) is 0 Å². The molecule has 0 radical (unpaired) electrons. The summed E-state index contributed by atoms with van der Waals surface area (Å²) in [5.41, 5.74) is 0.558. The summed E-state index contributed by atoms with van der Waals surface area (Å²) in [6.07, 6.45) is 0. The summed E-state index contributed by atoms with van der Waals surface area (Å²) in [6, 6.07) is 6.81. The number of nitrogens with zero attached hydrogens (tertiary/aromatic N) is 1. The quantitative estimate of drug-likeness (QED) is 0.648. The SMILES string of the molecule is COc1ccc(NC(=O)C(=O)NCCN2CCNCC2)cc1. The van der Waals surface area contributed by atoms with E-state index in [0.29, 0.717) is 18.0 Å². The van der Waals surface area contributed by atoms with Gasteiger partial charge in [-0.25, -0.2) is 0 Å². The molecule has 0 unspecified atom stereocenters. The lowest BCUT2D eigenvalue weighted by atomic mass is 10.3. The Hall–Kier alpha value is -2.12. The lowest BCUT2D eigenvalue weighted by molar-refractivity contribution is -0.136. The van der Waals surface area contributed by atoms with Crippen LogP contribution in [0.3, 0.4) is 0 Å². The lowest BCUT2D eigenvalue weighted by Crippen LogP contribution is -2.47. The molecule has 3 N–H and O–H groups in total. The molecule has 1 aliphatic rings. The van der Waals surface area contributed by atoms with E-state index in [1.54, 1.807) is 31.4 Å². The molecule has 1 saturated heterocycles. The van der Waals surface area contributed by atoms with E-state index in [4.69, 9.17) is 4.74 Å². The van der Waals surface area contributed by atoms with Crippen LogP contribution < -0.4 is 20.7 Å². The smallest absolute Gasteiger partial charge is 0.313 e. The molecule has 1 aliphatic heterocycles. The Labute approximate surface area is 130 Å². The van der Waals surface area contributed by atoms with Gasteiger partial charge in [-0.15, -0.1) is 0 Å². The summed E-state index contributed by atoms with van der Waals surface area (Å²) in [4.78, 5) is 25.8. The second kappa shape index (κ2) is 8.35. The monoisotopic (exact) mass is 306 g/mol. The van der Waals surface area contributed by atoms with E-state index in [-0.39, 0.29) is 0 Å². The fourth-order valence-electron chi connectivity index (χ4n) is 2.20. The molecule has 2 amide bonds. The molecule has 1 fully saturated rings. The summed E-state index contributed by atoms with van der Waals surface area (Å²) in [5.74, 6) is -0.588. The molecule has 1 heterocycles. The topological polar surface area (TPSA) is 82.7 Å². The maximum absolute atomic E-state index is 11.8. The number of hydrogen-bond donors (Lipinski definition) is 3. The Balaban J connectivity index is 1.70. The van der Waals surface area contributed by atoms with Gasteiger partial charge in [-0.3, -0.25) is 14.5 Å². The summed E-state index contributed by atoms with van der Waals surface area (Å²) in [5, 5.41) is 8.45. The van der Waals surface area contributed by atoms with Gasteiger partial charge < -0.3 is 20.7 Å². The van der Waals surface area contributed by atoms with Gasteiger partial charge in [0, 0.05) is 45.0 Å². The van der Waals surface area contributed by atoms with Gasteiger partial charge in [-0.1, -0.05) is 0 Å². The van der Waals surface area contributed by atoms with Crippen molar-refractivity contribution in [2.75, 3.05) is 51.7 Å². The van der Waals surface area contributed by atoms with Gasteiger partial charge in [0.2, 0.25) is 0 Å². The van der Waals surface area contributed by atoms with E-state index in [9.17, 15) is 9.59 Å². The van der Waals surface area contributed by atoms with Crippen LogP contribution in [0.4, 0.5) is 5.69 Å². The Kier molecular flexibility index (Phi) is 6.17. The molecule has 22 heavy (non-hydrogen) atoms. The standard InChI is InChI=1S/C15H22N4O3/c1-22-13-4-2-12(3-5-13)18-15(21)14(20)17-8-11-19-9-6-16-7-10-19/h2-5,16H,6-11H2,1H3,(H,17,20)(H,18,21). The molecule has 0 bridgehead atoms. The second-order valence-electron chi connectivity index (χ2n) is 5.03. The van der Waals surface area contributed by atoms with Crippen molar-refractivity contribution in [3.63, 3.8) is 0 Å². The summed E-state index contributed by atoms with van der Waals surface area (Å²) < 4.78 is 5.03. The Morgan fingerprint density at radius 2 is 1.86 bits per heavy atom. The van der Waals surface area contributed by atoms with Gasteiger partial charge in [-0.2, -0.15) is 0 Å². The minimum atomic E-state index is -0.662. The summed E-state index contributed by atoms with van der Waals surface area (Å²) >= 11 is 0. The number of benzene rings is 1. The highest BCUT2D eigenvalue weighted by Crippen LogP contribution is 2.14. The van der Waals surface area contributed by atoms with Crippen LogP contribution in [0, 0.1) is 0 Å². The molecule has 7 heteroatoms. The van der Waals surface area contributed by atoms with Crippen molar-refractivity contribution in [1.29, 1.82) is 0 Å². The first-order chi connectivity index (χ1) is 10.7. The molecule has 0 spiro atoms. The second-order valence-corrected chi connectivity index (χ2v) is 5.03. The highest BCUT2D eigenvalue weighted by molar-refractivity contribution is 6.39. The predicted octanol–water partition coefficient (Wildman–Crippen LogP) is -0.345. The minimum absolute atomic E-state index is 0.467. The van der Waals surface area contributed by atoms with E-state index in [2.05, 4.69) is 20.9 Å². The van der Waals surface area contributed by atoms with Crippen LogP contribution >= 0.6 is 0 Å². The van der Waals surface area contributed by atoms with Gasteiger partial charge in [0.05, 0.1) is 7.11 Å². The first kappa shape index (κ1) is 16.3. The van der Waals surface area contributed by atoms with Crippen molar-refractivity contribution in [2.45, 2.75) is 0 Å². The molecular formula is C15H22N4O3. The van der Waals surface area contributed by atoms with Crippen LogP contribution in [0.15, 0.2) is 24.3 Å². The molecule has 0 saturated carbocycles. The fraction of sp³-hybridized carbons (Fsp3) is 0.467. The van der Waals surface area contributed by atoms with Crippen LogP contribution in [0.25, 0.3) is 0 Å². The van der Waals surface area contributed by atoms with Gasteiger partial charge in [0.25, 0.3) is 0 Å². The summed E-state index contributed by atoms with van der Waals surface area (Å²) in [7, 11) is 1.57. The van der Waals surface area contributed by atoms with E-state index in [1.807, 2.05) is 0 Å². The van der Waals surface area contributed by atoms with Gasteiger partial charge in [0.1, 0.15) is 5.75 Å². The number of hydrogen-bond acceptors (Lipinski definition) is 5.